The van der Waals surface area contributed by atoms with Gasteiger partial charge in [-0.05, 0) is 25.0 Å². The Morgan fingerprint density at radius 2 is 2.19 bits per heavy atom. The summed E-state index contributed by atoms with van der Waals surface area (Å²) in [5, 5.41) is 4.03. The normalized spacial score (nSPS) is 14.6. The molecular weight excluding hydrogens is 370 g/mol. The van der Waals surface area contributed by atoms with Crippen molar-refractivity contribution in [1.29, 1.82) is 0 Å². The standard InChI is InChI=1S/C14H14BrN3OS2/c15-11-5-3-4-10(8-11)13-16-12(19-17-13)9-21-14(20)18-6-1-2-7-18/h3-5,8H,1-2,6-7,9H2. The minimum absolute atomic E-state index is 0.608. The van der Waals surface area contributed by atoms with Crippen LogP contribution in [0.15, 0.2) is 33.3 Å². The number of nitrogens with zero attached hydrogens (tertiary/aromatic N) is 3. The number of halogens is 1. The van der Waals surface area contributed by atoms with Crippen molar-refractivity contribution >= 4 is 44.2 Å². The molecule has 1 aromatic carbocycles. The van der Waals surface area contributed by atoms with Gasteiger partial charge in [-0.15, -0.1) is 0 Å². The van der Waals surface area contributed by atoms with Crippen molar-refractivity contribution in [3.63, 3.8) is 0 Å². The van der Waals surface area contributed by atoms with E-state index in [2.05, 4.69) is 31.0 Å². The minimum atomic E-state index is 0.608. The van der Waals surface area contributed by atoms with E-state index < -0.39 is 0 Å². The Morgan fingerprint density at radius 3 is 2.95 bits per heavy atom. The minimum Gasteiger partial charge on any atom is -0.358 e. The maximum atomic E-state index is 5.42. The van der Waals surface area contributed by atoms with Gasteiger partial charge in [0, 0.05) is 23.1 Å². The van der Waals surface area contributed by atoms with Crippen LogP contribution in [0.5, 0.6) is 0 Å². The van der Waals surface area contributed by atoms with Gasteiger partial charge in [0.1, 0.15) is 4.32 Å². The highest BCUT2D eigenvalue weighted by Crippen LogP contribution is 2.23. The highest BCUT2D eigenvalue weighted by atomic mass is 79.9. The number of thiocarbonyl (C=S) groups is 1. The average molecular weight is 384 g/mol. The summed E-state index contributed by atoms with van der Waals surface area (Å²) in [5.41, 5.74) is 0.937. The van der Waals surface area contributed by atoms with E-state index in [4.69, 9.17) is 16.7 Å². The van der Waals surface area contributed by atoms with E-state index in [1.807, 2.05) is 24.3 Å². The molecule has 0 radical (unpaired) electrons. The SMILES string of the molecule is S=C(SCc1nc(-c2cccc(Br)c2)no1)N1CCCC1. The van der Waals surface area contributed by atoms with Gasteiger partial charge in [-0.3, -0.25) is 0 Å². The molecular formula is C14H14BrN3OS2. The lowest BCUT2D eigenvalue weighted by atomic mass is 10.2. The Morgan fingerprint density at radius 1 is 1.38 bits per heavy atom. The zero-order chi connectivity index (χ0) is 14.7. The Labute approximate surface area is 141 Å². The van der Waals surface area contributed by atoms with Crippen LogP contribution < -0.4 is 0 Å². The number of likely N-dealkylation sites (tertiary alicyclic amines) is 1. The van der Waals surface area contributed by atoms with Gasteiger partial charge in [-0.2, -0.15) is 4.98 Å². The van der Waals surface area contributed by atoms with Crippen molar-refractivity contribution < 1.29 is 4.52 Å². The van der Waals surface area contributed by atoms with E-state index in [0.29, 0.717) is 17.5 Å². The third-order valence-corrected chi connectivity index (χ3v) is 5.24. The summed E-state index contributed by atoms with van der Waals surface area (Å²) >= 11 is 10.5. The number of hydrogen-bond donors (Lipinski definition) is 0. The van der Waals surface area contributed by atoms with Crippen LogP contribution in [0, 0.1) is 0 Å². The second-order valence-corrected chi connectivity index (χ2v) is 7.30. The molecule has 110 valence electrons. The number of thioether (sulfide) groups is 1. The summed E-state index contributed by atoms with van der Waals surface area (Å²) < 4.78 is 7.22. The molecule has 1 saturated heterocycles. The van der Waals surface area contributed by atoms with E-state index in [0.717, 1.165) is 27.4 Å². The predicted molar refractivity (Wildman–Crippen MR) is 92.1 cm³/mol. The fourth-order valence-electron chi connectivity index (χ4n) is 2.17. The fourth-order valence-corrected chi connectivity index (χ4v) is 3.66. The van der Waals surface area contributed by atoms with Gasteiger partial charge < -0.3 is 9.42 Å². The average Bonchev–Trinajstić information content (AvgIpc) is 3.16. The molecule has 3 rings (SSSR count). The van der Waals surface area contributed by atoms with Crippen LogP contribution in [-0.2, 0) is 5.75 Å². The van der Waals surface area contributed by atoms with E-state index in [9.17, 15) is 0 Å². The molecule has 1 aliphatic rings. The number of hydrogen-bond acceptors (Lipinski definition) is 5. The lowest BCUT2D eigenvalue weighted by molar-refractivity contribution is 0.392. The van der Waals surface area contributed by atoms with Crippen LogP contribution in [0.3, 0.4) is 0 Å². The Bertz CT molecular complexity index is 641. The van der Waals surface area contributed by atoms with Crippen LogP contribution in [0.25, 0.3) is 11.4 Å². The first-order chi connectivity index (χ1) is 10.2. The first kappa shape index (κ1) is 15.0. The smallest absolute Gasteiger partial charge is 0.237 e. The molecule has 0 bridgehead atoms. The van der Waals surface area contributed by atoms with E-state index in [-0.39, 0.29) is 0 Å². The van der Waals surface area contributed by atoms with E-state index >= 15 is 0 Å². The monoisotopic (exact) mass is 383 g/mol. The van der Waals surface area contributed by atoms with Crippen LogP contribution >= 0.6 is 39.9 Å². The molecule has 0 aliphatic carbocycles. The highest BCUT2D eigenvalue weighted by Gasteiger charge is 2.16. The molecule has 0 amide bonds. The van der Waals surface area contributed by atoms with Crippen LogP contribution in [-0.4, -0.2) is 32.5 Å². The quantitative estimate of drug-likeness (QED) is 0.742. The lowest BCUT2D eigenvalue weighted by Crippen LogP contribution is -2.23. The second kappa shape index (κ2) is 6.89. The van der Waals surface area contributed by atoms with Gasteiger partial charge in [-0.25, -0.2) is 0 Å². The zero-order valence-electron chi connectivity index (χ0n) is 11.3. The van der Waals surface area contributed by atoms with Gasteiger partial charge in [0.05, 0.1) is 5.75 Å². The molecule has 2 aromatic rings. The summed E-state index contributed by atoms with van der Waals surface area (Å²) in [7, 11) is 0. The Balaban J connectivity index is 1.61. The molecule has 7 heteroatoms. The summed E-state index contributed by atoms with van der Waals surface area (Å²) in [6, 6.07) is 7.85. The molecule has 1 fully saturated rings. The Hall–Kier alpha value is -0.920. The predicted octanol–water partition coefficient (Wildman–Crippen LogP) is 4.11. The summed E-state index contributed by atoms with van der Waals surface area (Å²) in [5.74, 6) is 1.84. The van der Waals surface area contributed by atoms with Crippen molar-refractivity contribution in [2.45, 2.75) is 18.6 Å². The summed E-state index contributed by atoms with van der Waals surface area (Å²) in [4.78, 5) is 6.66. The van der Waals surface area contributed by atoms with E-state index in [1.165, 1.54) is 12.8 Å². The molecule has 21 heavy (non-hydrogen) atoms. The van der Waals surface area contributed by atoms with Gasteiger partial charge in [-0.1, -0.05) is 57.2 Å². The van der Waals surface area contributed by atoms with Crippen LogP contribution in [0.4, 0.5) is 0 Å². The molecule has 4 nitrogen and oxygen atoms in total. The van der Waals surface area contributed by atoms with Gasteiger partial charge in [0.15, 0.2) is 0 Å². The molecule has 0 spiro atoms. The molecule has 0 N–H and O–H groups in total. The first-order valence-electron chi connectivity index (χ1n) is 6.72. The maximum absolute atomic E-state index is 5.42. The summed E-state index contributed by atoms with van der Waals surface area (Å²) in [6.07, 6.45) is 2.46. The largest absolute Gasteiger partial charge is 0.358 e. The number of aromatic nitrogens is 2. The molecule has 0 saturated carbocycles. The first-order valence-corrected chi connectivity index (χ1v) is 8.91. The van der Waals surface area contributed by atoms with Crippen molar-refractivity contribution in [3.05, 3.63) is 34.6 Å². The molecule has 0 unspecified atom stereocenters. The van der Waals surface area contributed by atoms with Crippen molar-refractivity contribution in [2.24, 2.45) is 0 Å². The van der Waals surface area contributed by atoms with Crippen molar-refractivity contribution in [3.8, 4) is 11.4 Å². The number of rotatable bonds is 3. The van der Waals surface area contributed by atoms with Crippen molar-refractivity contribution in [2.75, 3.05) is 13.1 Å². The maximum Gasteiger partial charge on any atom is 0.237 e. The van der Waals surface area contributed by atoms with Crippen LogP contribution in [0.2, 0.25) is 0 Å². The third kappa shape index (κ3) is 3.84. The van der Waals surface area contributed by atoms with Gasteiger partial charge >= 0.3 is 0 Å². The molecule has 1 aromatic heterocycles. The van der Waals surface area contributed by atoms with Gasteiger partial charge in [0.25, 0.3) is 0 Å². The topological polar surface area (TPSA) is 42.2 Å². The van der Waals surface area contributed by atoms with Crippen LogP contribution in [0.1, 0.15) is 18.7 Å². The lowest BCUT2D eigenvalue weighted by Gasteiger charge is -2.16. The summed E-state index contributed by atoms with van der Waals surface area (Å²) in [6.45, 7) is 2.14. The molecule has 0 atom stereocenters. The highest BCUT2D eigenvalue weighted by molar-refractivity contribution is 9.10. The van der Waals surface area contributed by atoms with E-state index in [1.54, 1.807) is 11.8 Å². The zero-order valence-corrected chi connectivity index (χ0v) is 14.5. The molecule has 2 heterocycles. The Kier molecular flexibility index (Phi) is 4.92. The third-order valence-electron chi connectivity index (χ3n) is 3.23. The fraction of sp³-hybridized carbons (Fsp3) is 0.357. The second-order valence-electron chi connectivity index (χ2n) is 4.77. The van der Waals surface area contributed by atoms with Crippen molar-refractivity contribution in [1.82, 2.24) is 15.0 Å². The van der Waals surface area contributed by atoms with Gasteiger partial charge in [0.2, 0.25) is 11.7 Å². The number of benzene rings is 1. The molecule has 1 aliphatic heterocycles.